The van der Waals surface area contributed by atoms with Gasteiger partial charge in [-0.05, 0) is 37.1 Å². The fourth-order valence-corrected chi connectivity index (χ4v) is 5.98. The van der Waals surface area contributed by atoms with Gasteiger partial charge in [0.25, 0.3) is 0 Å². The average Bonchev–Trinajstić information content (AvgIpc) is 2.53. The zero-order valence-electron chi connectivity index (χ0n) is 14.3. The normalized spacial score (nSPS) is 20.8. The third-order valence-corrected chi connectivity index (χ3v) is 8.67. The van der Waals surface area contributed by atoms with Crippen LogP contribution in [-0.4, -0.2) is 69.6 Å². The summed E-state index contributed by atoms with van der Waals surface area (Å²) in [7, 11) is -6.71. The van der Waals surface area contributed by atoms with Crippen molar-refractivity contribution in [2.24, 2.45) is 5.92 Å². The Bertz CT molecular complexity index is 885. The van der Waals surface area contributed by atoms with Crippen LogP contribution in [0.25, 0.3) is 0 Å². The molecule has 2 aliphatic rings. The Labute approximate surface area is 158 Å². The van der Waals surface area contributed by atoms with E-state index in [1.54, 1.807) is 4.90 Å². The molecule has 3 rings (SSSR count). The summed E-state index contributed by atoms with van der Waals surface area (Å²) in [5.41, 5.74) is 0. The molecular formula is C16H21ClN2O5S2. The Morgan fingerprint density at radius 1 is 1.04 bits per heavy atom. The van der Waals surface area contributed by atoms with E-state index in [2.05, 4.69) is 0 Å². The molecular weight excluding hydrogens is 400 g/mol. The highest BCUT2D eigenvalue weighted by molar-refractivity contribution is 7.92. The molecule has 0 bridgehead atoms. The zero-order valence-corrected chi connectivity index (χ0v) is 16.7. The van der Waals surface area contributed by atoms with Crippen LogP contribution in [0.1, 0.15) is 12.8 Å². The van der Waals surface area contributed by atoms with E-state index < -0.39 is 25.1 Å². The number of halogens is 1. The molecule has 1 aromatic carbocycles. The molecule has 0 N–H and O–H groups in total. The number of hydrogen-bond acceptors (Lipinski definition) is 5. The van der Waals surface area contributed by atoms with E-state index in [4.69, 9.17) is 11.6 Å². The number of sulfone groups is 1. The largest absolute Gasteiger partial charge is 0.340 e. The highest BCUT2D eigenvalue weighted by Gasteiger charge is 2.42. The van der Waals surface area contributed by atoms with Crippen molar-refractivity contribution in [3.8, 4) is 0 Å². The van der Waals surface area contributed by atoms with Gasteiger partial charge in [-0.1, -0.05) is 11.6 Å². The molecule has 0 unspecified atom stereocenters. The summed E-state index contributed by atoms with van der Waals surface area (Å²) < 4.78 is 49.6. The molecule has 26 heavy (non-hydrogen) atoms. The van der Waals surface area contributed by atoms with Crippen LogP contribution < -0.4 is 0 Å². The van der Waals surface area contributed by atoms with Crippen molar-refractivity contribution in [2.45, 2.75) is 23.0 Å². The number of sulfonamides is 1. The van der Waals surface area contributed by atoms with Gasteiger partial charge >= 0.3 is 0 Å². The summed E-state index contributed by atoms with van der Waals surface area (Å²) in [6, 6.07) is 6.02. The van der Waals surface area contributed by atoms with Gasteiger partial charge in [-0.3, -0.25) is 4.79 Å². The number of amides is 1. The average molecular weight is 421 g/mol. The maximum Gasteiger partial charge on any atom is 0.225 e. The molecule has 2 heterocycles. The lowest BCUT2D eigenvalue weighted by Crippen LogP contribution is -2.59. The molecule has 1 aromatic rings. The van der Waals surface area contributed by atoms with Crippen molar-refractivity contribution in [1.82, 2.24) is 9.21 Å². The number of hydrogen-bond donors (Lipinski definition) is 0. The van der Waals surface area contributed by atoms with E-state index in [0.717, 1.165) is 6.26 Å². The number of carbonyl (C=O) groups is 1. The fraction of sp³-hybridized carbons (Fsp3) is 0.562. The second kappa shape index (κ2) is 7.10. The summed E-state index contributed by atoms with van der Waals surface area (Å²) in [5, 5.41) is -0.140. The molecule has 0 aromatic heterocycles. The monoisotopic (exact) mass is 420 g/mol. The molecule has 0 spiro atoms. The van der Waals surface area contributed by atoms with Crippen LogP contribution in [0.4, 0.5) is 0 Å². The smallest absolute Gasteiger partial charge is 0.225 e. The minimum atomic E-state index is -3.48. The van der Waals surface area contributed by atoms with E-state index >= 15 is 0 Å². The summed E-state index contributed by atoms with van der Waals surface area (Å²) in [6.07, 6.45) is 2.10. The highest BCUT2D eigenvalue weighted by atomic mass is 35.5. The summed E-state index contributed by atoms with van der Waals surface area (Å²) in [5.74, 6) is -0.326. The molecule has 0 radical (unpaired) electrons. The molecule has 144 valence electrons. The number of piperidine rings is 1. The molecule has 2 saturated heterocycles. The lowest BCUT2D eigenvalue weighted by atomic mass is 9.95. The Kier molecular flexibility index (Phi) is 5.35. The molecule has 0 aliphatic carbocycles. The summed E-state index contributed by atoms with van der Waals surface area (Å²) in [6.45, 7) is 1.01. The number of likely N-dealkylation sites (tertiary alicyclic amines) is 1. The SMILES string of the molecule is CS(=O)(=O)N1CCC(C(=O)N2CC(S(=O)(=O)c3ccc(Cl)cc3)C2)CC1. The van der Waals surface area contributed by atoms with Crippen molar-refractivity contribution in [1.29, 1.82) is 0 Å². The minimum Gasteiger partial charge on any atom is -0.340 e. The third kappa shape index (κ3) is 3.90. The summed E-state index contributed by atoms with van der Waals surface area (Å²) >= 11 is 5.79. The molecule has 0 saturated carbocycles. The van der Waals surface area contributed by atoms with Crippen LogP contribution in [0, 0.1) is 5.92 Å². The minimum absolute atomic E-state index is 0.0827. The molecule has 1 amide bonds. The van der Waals surface area contributed by atoms with Gasteiger partial charge in [-0.15, -0.1) is 0 Å². The van der Waals surface area contributed by atoms with Crippen LogP contribution in [0.2, 0.25) is 5.02 Å². The first kappa shape index (κ1) is 19.6. The maximum atomic E-state index is 12.6. The number of rotatable bonds is 4. The van der Waals surface area contributed by atoms with Crippen LogP contribution in [-0.2, 0) is 24.7 Å². The molecule has 10 heteroatoms. The van der Waals surface area contributed by atoms with Crippen LogP contribution in [0.15, 0.2) is 29.2 Å². The number of nitrogens with zero attached hydrogens (tertiary/aromatic N) is 2. The first-order valence-corrected chi connectivity index (χ1v) is 12.1. The van der Waals surface area contributed by atoms with Crippen molar-refractivity contribution < 1.29 is 21.6 Å². The summed E-state index contributed by atoms with van der Waals surface area (Å²) in [4.78, 5) is 14.3. The first-order valence-electron chi connectivity index (χ1n) is 8.32. The lowest BCUT2D eigenvalue weighted by molar-refractivity contribution is -0.140. The van der Waals surface area contributed by atoms with E-state index in [1.165, 1.54) is 28.6 Å². The Balaban J connectivity index is 1.56. The van der Waals surface area contributed by atoms with E-state index in [9.17, 15) is 21.6 Å². The first-order chi connectivity index (χ1) is 12.1. The van der Waals surface area contributed by atoms with Gasteiger partial charge in [0.2, 0.25) is 15.9 Å². The second-order valence-corrected chi connectivity index (χ2v) is 11.4. The van der Waals surface area contributed by atoms with Crippen LogP contribution in [0.3, 0.4) is 0 Å². The van der Waals surface area contributed by atoms with Gasteiger partial charge in [-0.25, -0.2) is 21.1 Å². The second-order valence-electron chi connectivity index (χ2n) is 6.80. The van der Waals surface area contributed by atoms with Gasteiger partial charge in [0, 0.05) is 37.1 Å². The fourth-order valence-electron chi connectivity index (χ4n) is 3.32. The number of benzene rings is 1. The van der Waals surface area contributed by atoms with Crippen molar-refractivity contribution in [2.75, 3.05) is 32.4 Å². The van der Waals surface area contributed by atoms with Gasteiger partial charge in [-0.2, -0.15) is 0 Å². The predicted molar refractivity (Wildman–Crippen MR) is 98.1 cm³/mol. The van der Waals surface area contributed by atoms with Gasteiger partial charge in [0.1, 0.15) is 5.25 Å². The van der Waals surface area contributed by atoms with Gasteiger partial charge in [0.05, 0.1) is 11.2 Å². The van der Waals surface area contributed by atoms with E-state index in [-0.39, 0.29) is 29.8 Å². The van der Waals surface area contributed by atoms with Crippen molar-refractivity contribution in [3.63, 3.8) is 0 Å². The number of carbonyl (C=O) groups excluding carboxylic acids is 1. The Morgan fingerprint density at radius 2 is 1.58 bits per heavy atom. The van der Waals surface area contributed by atoms with Crippen molar-refractivity contribution in [3.05, 3.63) is 29.3 Å². The molecule has 2 fully saturated rings. The molecule has 7 nitrogen and oxygen atoms in total. The Hall–Kier alpha value is -1.16. The topological polar surface area (TPSA) is 91.8 Å². The Morgan fingerprint density at radius 3 is 2.08 bits per heavy atom. The van der Waals surface area contributed by atoms with E-state index in [1.807, 2.05) is 0 Å². The standard InChI is InChI=1S/C16H21ClN2O5S2/c1-25(21,22)19-8-6-12(7-9-19)16(20)18-10-15(11-18)26(23,24)14-4-2-13(17)3-5-14/h2-5,12,15H,6-11H2,1H3. The molecule has 2 aliphatic heterocycles. The lowest BCUT2D eigenvalue weighted by Gasteiger charge is -2.41. The zero-order chi connectivity index (χ0) is 19.1. The van der Waals surface area contributed by atoms with E-state index in [0.29, 0.717) is 31.0 Å². The van der Waals surface area contributed by atoms with Crippen LogP contribution >= 0.6 is 11.6 Å². The van der Waals surface area contributed by atoms with Gasteiger partial charge < -0.3 is 4.90 Å². The maximum absolute atomic E-state index is 12.6. The van der Waals surface area contributed by atoms with Crippen molar-refractivity contribution >= 4 is 37.4 Å². The predicted octanol–water partition coefficient (Wildman–Crippen LogP) is 0.996. The quantitative estimate of drug-likeness (QED) is 0.724. The third-order valence-electron chi connectivity index (χ3n) is 5.01. The molecule has 0 atom stereocenters. The van der Waals surface area contributed by atoms with Crippen LogP contribution in [0.5, 0.6) is 0 Å². The van der Waals surface area contributed by atoms with Gasteiger partial charge in [0.15, 0.2) is 9.84 Å². The highest BCUT2D eigenvalue weighted by Crippen LogP contribution is 2.28.